The normalized spacial score (nSPS) is 10.2. The molecule has 2 rings (SSSR count). The average molecular weight is 257 g/mol. The number of hydrogen-bond acceptors (Lipinski definition) is 3. The summed E-state index contributed by atoms with van der Waals surface area (Å²) in [5, 5.41) is 8.90. The van der Waals surface area contributed by atoms with Gasteiger partial charge in [-0.1, -0.05) is 6.07 Å². The van der Waals surface area contributed by atoms with Crippen LogP contribution in [-0.4, -0.2) is 22.7 Å². The number of benzene rings is 1. The molecule has 0 aliphatic heterocycles. The molecule has 0 bridgehead atoms. The lowest BCUT2D eigenvalue weighted by molar-refractivity contribution is -0.136. The van der Waals surface area contributed by atoms with Gasteiger partial charge in [-0.3, -0.25) is 9.78 Å². The van der Waals surface area contributed by atoms with E-state index >= 15 is 0 Å². The minimum absolute atomic E-state index is 0.0314. The molecule has 1 aromatic carbocycles. The van der Waals surface area contributed by atoms with Crippen LogP contribution >= 0.6 is 0 Å². The molecule has 1 heterocycles. The molecule has 0 saturated heterocycles. The number of aliphatic carboxylic acids is 1. The first-order valence-corrected chi connectivity index (χ1v) is 6.09. The highest BCUT2D eigenvalue weighted by Crippen LogP contribution is 2.24. The van der Waals surface area contributed by atoms with Crippen LogP contribution in [0.1, 0.15) is 12.5 Å². The van der Waals surface area contributed by atoms with Crippen LogP contribution in [0.2, 0.25) is 0 Å². The van der Waals surface area contributed by atoms with E-state index in [1.165, 1.54) is 0 Å². The summed E-state index contributed by atoms with van der Waals surface area (Å²) < 4.78 is 5.38. The lowest BCUT2D eigenvalue weighted by atomic mass is 10.0. The van der Waals surface area contributed by atoms with E-state index in [0.29, 0.717) is 17.9 Å². The topological polar surface area (TPSA) is 59.4 Å². The third-order valence-corrected chi connectivity index (χ3v) is 2.67. The Bertz CT molecular complexity index is 564. The van der Waals surface area contributed by atoms with Crippen molar-refractivity contribution in [3.63, 3.8) is 0 Å². The highest BCUT2D eigenvalue weighted by Gasteiger charge is 2.09. The molecule has 2 aromatic rings. The Kier molecular flexibility index (Phi) is 4.13. The monoisotopic (exact) mass is 257 g/mol. The van der Waals surface area contributed by atoms with Crippen LogP contribution in [0.25, 0.3) is 11.3 Å². The minimum atomic E-state index is -0.861. The van der Waals surface area contributed by atoms with E-state index in [9.17, 15) is 4.79 Å². The van der Waals surface area contributed by atoms with Gasteiger partial charge in [0, 0.05) is 11.8 Å². The Labute approximate surface area is 111 Å². The lowest BCUT2D eigenvalue weighted by Crippen LogP contribution is -2.02. The van der Waals surface area contributed by atoms with Crippen LogP contribution in [0.5, 0.6) is 5.75 Å². The molecule has 0 fully saturated rings. The maximum absolute atomic E-state index is 10.8. The van der Waals surface area contributed by atoms with E-state index in [-0.39, 0.29) is 6.42 Å². The zero-order valence-corrected chi connectivity index (χ0v) is 10.7. The summed E-state index contributed by atoms with van der Waals surface area (Å²) in [5.74, 6) is -0.0675. The molecular weight excluding hydrogens is 242 g/mol. The SMILES string of the molecule is CCOc1ccc(-c2ncccc2CC(=O)O)cc1. The number of carboxylic acids is 1. The Morgan fingerprint density at radius 2 is 2.00 bits per heavy atom. The summed E-state index contributed by atoms with van der Waals surface area (Å²) >= 11 is 0. The molecule has 19 heavy (non-hydrogen) atoms. The Balaban J connectivity index is 2.32. The van der Waals surface area contributed by atoms with Gasteiger partial charge in [0.2, 0.25) is 0 Å². The van der Waals surface area contributed by atoms with E-state index in [4.69, 9.17) is 9.84 Å². The second kappa shape index (κ2) is 6.00. The van der Waals surface area contributed by atoms with E-state index in [1.54, 1.807) is 18.3 Å². The zero-order valence-electron chi connectivity index (χ0n) is 10.7. The summed E-state index contributed by atoms with van der Waals surface area (Å²) in [6.45, 7) is 2.55. The van der Waals surface area contributed by atoms with Crippen molar-refractivity contribution in [2.45, 2.75) is 13.3 Å². The van der Waals surface area contributed by atoms with Crippen molar-refractivity contribution in [3.8, 4) is 17.0 Å². The molecule has 0 spiro atoms. The van der Waals surface area contributed by atoms with Crippen molar-refractivity contribution in [2.75, 3.05) is 6.61 Å². The van der Waals surface area contributed by atoms with Crippen LogP contribution in [-0.2, 0) is 11.2 Å². The second-order valence-corrected chi connectivity index (χ2v) is 4.04. The van der Waals surface area contributed by atoms with Gasteiger partial charge >= 0.3 is 5.97 Å². The van der Waals surface area contributed by atoms with E-state index in [2.05, 4.69) is 4.98 Å². The quantitative estimate of drug-likeness (QED) is 0.894. The molecule has 1 aromatic heterocycles. The van der Waals surface area contributed by atoms with Crippen LogP contribution < -0.4 is 4.74 Å². The smallest absolute Gasteiger partial charge is 0.307 e. The van der Waals surface area contributed by atoms with Gasteiger partial charge in [-0.15, -0.1) is 0 Å². The van der Waals surface area contributed by atoms with Crippen LogP contribution in [0, 0.1) is 0 Å². The standard InChI is InChI=1S/C15H15NO3/c1-2-19-13-7-5-11(6-8-13)15-12(10-14(17)18)4-3-9-16-15/h3-9H,2,10H2,1H3,(H,17,18). The van der Waals surface area contributed by atoms with Gasteiger partial charge in [0.25, 0.3) is 0 Å². The molecule has 0 amide bonds. The predicted octanol–water partition coefficient (Wildman–Crippen LogP) is 2.77. The fourth-order valence-electron chi connectivity index (χ4n) is 1.88. The summed E-state index contributed by atoms with van der Waals surface area (Å²) in [6, 6.07) is 11.0. The zero-order chi connectivity index (χ0) is 13.7. The maximum Gasteiger partial charge on any atom is 0.307 e. The Morgan fingerprint density at radius 1 is 1.26 bits per heavy atom. The van der Waals surface area contributed by atoms with Gasteiger partial charge in [0.15, 0.2) is 0 Å². The maximum atomic E-state index is 10.8. The molecule has 0 unspecified atom stereocenters. The second-order valence-electron chi connectivity index (χ2n) is 4.04. The molecule has 4 nitrogen and oxygen atoms in total. The van der Waals surface area contributed by atoms with Crippen molar-refractivity contribution in [1.29, 1.82) is 0 Å². The molecule has 98 valence electrons. The van der Waals surface area contributed by atoms with Gasteiger partial charge < -0.3 is 9.84 Å². The number of nitrogens with zero attached hydrogens (tertiary/aromatic N) is 1. The lowest BCUT2D eigenvalue weighted by Gasteiger charge is -2.08. The molecular formula is C15H15NO3. The van der Waals surface area contributed by atoms with E-state index < -0.39 is 5.97 Å². The largest absolute Gasteiger partial charge is 0.494 e. The summed E-state index contributed by atoms with van der Waals surface area (Å²) in [7, 11) is 0. The number of carboxylic acid groups (broad SMARTS) is 1. The minimum Gasteiger partial charge on any atom is -0.494 e. The Hall–Kier alpha value is -2.36. The van der Waals surface area contributed by atoms with Gasteiger partial charge in [0.05, 0.1) is 18.7 Å². The number of aromatic nitrogens is 1. The van der Waals surface area contributed by atoms with Gasteiger partial charge in [-0.2, -0.15) is 0 Å². The van der Waals surface area contributed by atoms with Gasteiger partial charge in [0.1, 0.15) is 5.75 Å². The van der Waals surface area contributed by atoms with Gasteiger partial charge in [-0.05, 0) is 42.8 Å². The fraction of sp³-hybridized carbons (Fsp3) is 0.200. The summed E-state index contributed by atoms with van der Waals surface area (Å²) in [5.41, 5.74) is 2.30. The van der Waals surface area contributed by atoms with Crippen molar-refractivity contribution in [1.82, 2.24) is 4.98 Å². The summed E-state index contributed by atoms with van der Waals surface area (Å²) in [4.78, 5) is 15.1. The number of carbonyl (C=O) groups is 1. The average Bonchev–Trinajstić information content (AvgIpc) is 2.40. The Morgan fingerprint density at radius 3 is 2.63 bits per heavy atom. The first-order chi connectivity index (χ1) is 9.20. The van der Waals surface area contributed by atoms with Crippen molar-refractivity contribution >= 4 is 5.97 Å². The molecule has 0 aliphatic rings. The predicted molar refractivity (Wildman–Crippen MR) is 72.2 cm³/mol. The van der Waals surface area contributed by atoms with Crippen molar-refractivity contribution < 1.29 is 14.6 Å². The van der Waals surface area contributed by atoms with Crippen molar-refractivity contribution in [2.24, 2.45) is 0 Å². The van der Waals surface area contributed by atoms with Crippen LogP contribution in [0.15, 0.2) is 42.6 Å². The number of ether oxygens (including phenoxy) is 1. The molecule has 0 atom stereocenters. The third-order valence-electron chi connectivity index (χ3n) is 2.67. The molecule has 0 radical (unpaired) electrons. The van der Waals surface area contributed by atoms with E-state index in [0.717, 1.165) is 11.3 Å². The highest BCUT2D eigenvalue weighted by molar-refractivity contribution is 5.75. The summed E-state index contributed by atoms with van der Waals surface area (Å²) in [6.07, 6.45) is 1.63. The number of hydrogen-bond donors (Lipinski definition) is 1. The fourth-order valence-corrected chi connectivity index (χ4v) is 1.88. The highest BCUT2D eigenvalue weighted by atomic mass is 16.5. The van der Waals surface area contributed by atoms with Gasteiger partial charge in [-0.25, -0.2) is 0 Å². The van der Waals surface area contributed by atoms with Crippen molar-refractivity contribution in [3.05, 3.63) is 48.2 Å². The number of pyridine rings is 1. The first-order valence-electron chi connectivity index (χ1n) is 6.09. The molecule has 4 heteroatoms. The molecule has 1 N–H and O–H groups in total. The molecule has 0 saturated carbocycles. The van der Waals surface area contributed by atoms with Crippen LogP contribution in [0.3, 0.4) is 0 Å². The van der Waals surface area contributed by atoms with E-state index in [1.807, 2.05) is 31.2 Å². The third kappa shape index (κ3) is 3.31. The van der Waals surface area contributed by atoms with Crippen LogP contribution in [0.4, 0.5) is 0 Å². The number of rotatable bonds is 5. The molecule has 0 aliphatic carbocycles. The first kappa shape index (κ1) is 13.1.